The van der Waals surface area contributed by atoms with Crippen LogP contribution in [0.1, 0.15) is 50.5 Å². The molecule has 96 valence electrons. The van der Waals surface area contributed by atoms with Crippen LogP contribution in [0.2, 0.25) is 0 Å². The highest BCUT2D eigenvalue weighted by atomic mass is 32.1. The Labute approximate surface area is 107 Å². The van der Waals surface area contributed by atoms with Crippen LogP contribution in [0.3, 0.4) is 0 Å². The SMILES string of the molecule is CCc1cnc(C(C)NC(=O)NC(C)(C)C)s1. The smallest absolute Gasteiger partial charge is 0.315 e. The normalized spacial score (nSPS) is 13.2. The van der Waals surface area contributed by atoms with E-state index in [0.29, 0.717) is 0 Å². The highest BCUT2D eigenvalue weighted by Gasteiger charge is 2.17. The third kappa shape index (κ3) is 4.73. The first kappa shape index (κ1) is 14.0. The number of hydrogen-bond donors (Lipinski definition) is 2. The van der Waals surface area contributed by atoms with Crippen molar-refractivity contribution >= 4 is 17.4 Å². The molecule has 0 bridgehead atoms. The second kappa shape index (κ2) is 5.49. The molecular formula is C12H21N3OS. The average Bonchev–Trinajstić information content (AvgIpc) is 2.62. The summed E-state index contributed by atoms with van der Waals surface area (Å²) < 4.78 is 0. The molecule has 4 nitrogen and oxygen atoms in total. The molecule has 17 heavy (non-hydrogen) atoms. The van der Waals surface area contributed by atoms with Gasteiger partial charge in [0.2, 0.25) is 0 Å². The molecule has 1 heterocycles. The number of thiazole rings is 1. The van der Waals surface area contributed by atoms with Crippen molar-refractivity contribution in [2.45, 2.75) is 52.6 Å². The predicted molar refractivity (Wildman–Crippen MR) is 71.3 cm³/mol. The molecule has 0 aliphatic carbocycles. The summed E-state index contributed by atoms with van der Waals surface area (Å²) in [6.45, 7) is 9.91. The minimum Gasteiger partial charge on any atom is -0.334 e. The summed E-state index contributed by atoms with van der Waals surface area (Å²) in [5, 5.41) is 6.71. The molecular weight excluding hydrogens is 234 g/mol. The topological polar surface area (TPSA) is 54.0 Å². The van der Waals surface area contributed by atoms with E-state index in [4.69, 9.17) is 0 Å². The molecule has 2 N–H and O–H groups in total. The van der Waals surface area contributed by atoms with Gasteiger partial charge in [-0.05, 0) is 34.1 Å². The molecule has 0 aliphatic heterocycles. The fourth-order valence-corrected chi connectivity index (χ4v) is 2.18. The number of urea groups is 1. The van der Waals surface area contributed by atoms with Crippen molar-refractivity contribution in [3.8, 4) is 0 Å². The maximum absolute atomic E-state index is 11.7. The number of nitrogens with one attached hydrogen (secondary N) is 2. The Morgan fingerprint density at radius 2 is 2.18 bits per heavy atom. The van der Waals surface area contributed by atoms with Gasteiger partial charge in [-0.3, -0.25) is 0 Å². The van der Waals surface area contributed by atoms with E-state index < -0.39 is 0 Å². The first-order valence-corrected chi connectivity index (χ1v) is 6.66. The number of aryl methyl sites for hydroxylation is 1. The van der Waals surface area contributed by atoms with E-state index in [9.17, 15) is 4.79 Å². The second-order valence-electron chi connectivity index (χ2n) is 5.09. The third-order valence-corrected chi connectivity index (χ3v) is 3.45. The van der Waals surface area contributed by atoms with Gasteiger partial charge in [0.25, 0.3) is 0 Å². The first-order chi connectivity index (χ1) is 7.81. The molecule has 1 unspecified atom stereocenters. The number of aromatic nitrogens is 1. The fraction of sp³-hybridized carbons (Fsp3) is 0.667. The second-order valence-corrected chi connectivity index (χ2v) is 6.24. The van der Waals surface area contributed by atoms with E-state index in [1.165, 1.54) is 4.88 Å². The summed E-state index contributed by atoms with van der Waals surface area (Å²) in [5.74, 6) is 0. The number of nitrogens with zero attached hydrogens (tertiary/aromatic N) is 1. The van der Waals surface area contributed by atoms with Crippen LogP contribution < -0.4 is 10.6 Å². The summed E-state index contributed by atoms with van der Waals surface area (Å²) >= 11 is 1.65. The standard InChI is InChI=1S/C12H21N3OS/c1-6-9-7-13-10(17-9)8(2)14-11(16)15-12(3,4)5/h7-8H,6H2,1-5H3,(H2,14,15,16). The number of carbonyl (C=O) groups excluding carboxylic acids is 1. The molecule has 0 aliphatic rings. The monoisotopic (exact) mass is 255 g/mol. The van der Waals surface area contributed by atoms with Gasteiger partial charge in [0.15, 0.2) is 0 Å². The highest BCUT2D eigenvalue weighted by molar-refractivity contribution is 7.11. The van der Waals surface area contributed by atoms with Crippen molar-refractivity contribution in [3.05, 3.63) is 16.1 Å². The maximum atomic E-state index is 11.7. The minimum atomic E-state index is -0.221. The van der Waals surface area contributed by atoms with E-state index in [1.807, 2.05) is 33.9 Å². The van der Waals surface area contributed by atoms with Gasteiger partial charge in [-0.15, -0.1) is 11.3 Å². The quantitative estimate of drug-likeness (QED) is 0.872. The molecule has 0 aromatic carbocycles. The third-order valence-electron chi connectivity index (χ3n) is 2.13. The van der Waals surface area contributed by atoms with Crippen molar-refractivity contribution in [3.63, 3.8) is 0 Å². The minimum absolute atomic E-state index is 0.0531. The van der Waals surface area contributed by atoms with Gasteiger partial charge in [-0.2, -0.15) is 0 Å². The lowest BCUT2D eigenvalue weighted by atomic mass is 10.1. The molecule has 1 atom stereocenters. The van der Waals surface area contributed by atoms with Crippen LogP contribution >= 0.6 is 11.3 Å². The highest BCUT2D eigenvalue weighted by Crippen LogP contribution is 2.20. The molecule has 5 heteroatoms. The van der Waals surface area contributed by atoms with E-state index in [2.05, 4.69) is 22.5 Å². The molecule has 1 aromatic heterocycles. The number of hydrogen-bond acceptors (Lipinski definition) is 3. The lowest BCUT2D eigenvalue weighted by molar-refractivity contribution is 0.229. The fourth-order valence-electron chi connectivity index (χ4n) is 1.32. The first-order valence-electron chi connectivity index (χ1n) is 5.85. The van der Waals surface area contributed by atoms with E-state index >= 15 is 0 Å². The largest absolute Gasteiger partial charge is 0.334 e. The Morgan fingerprint density at radius 1 is 1.53 bits per heavy atom. The van der Waals surface area contributed by atoms with Crippen LogP contribution in [0.15, 0.2) is 6.20 Å². The van der Waals surface area contributed by atoms with Crippen LogP contribution in [-0.2, 0) is 6.42 Å². The maximum Gasteiger partial charge on any atom is 0.315 e. The molecule has 0 saturated carbocycles. The molecule has 0 saturated heterocycles. The van der Waals surface area contributed by atoms with Crippen molar-refractivity contribution in [1.29, 1.82) is 0 Å². The van der Waals surface area contributed by atoms with Crippen molar-refractivity contribution in [2.75, 3.05) is 0 Å². The van der Waals surface area contributed by atoms with Gasteiger partial charge in [-0.25, -0.2) is 9.78 Å². The lowest BCUT2D eigenvalue weighted by Gasteiger charge is -2.22. The molecule has 1 rings (SSSR count). The number of rotatable bonds is 3. The van der Waals surface area contributed by atoms with Crippen molar-refractivity contribution < 1.29 is 4.79 Å². The van der Waals surface area contributed by atoms with Crippen molar-refractivity contribution in [1.82, 2.24) is 15.6 Å². The summed E-state index contributed by atoms with van der Waals surface area (Å²) in [6, 6.07) is -0.208. The van der Waals surface area contributed by atoms with Gasteiger partial charge in [0.1, 0.15) is 5.01 Å². The van der Waals surface area contributed by atoms with E-state index in [-0.39, 0.29) is 17.6 Å². The van der Waals surface area contributed by atoms with Crippen molar-refractivity contribution in [2.24, 2.45) is 0 Å². The summed E-state index contributed by atoms with van der Waals surface area (Å²) in [7, 11) is 0. The van der Waals surface area contributed by atoms with Crippen LogP contribution in [-0.4, -0.2) is 16.6 Å². The summed E-state index contributed by atoms with van der Waals surface area (Å²) in [6.07, 6.45) is 2.86. The van der Waals surface area contributed by atoms with Crippen LogP contribution in [0.25, 0.3) is 0 Å². The molecule has 0 fully saturated rings. The molecule has 1 aromatic rings. The van der Waals surface area contributed by atoms with Crippen LogP contribution in [0.5, 0.6) is 0 Å². The van der Waals surface area contributed by atoms with Gasteiger partial charge in [-0.1, -0.05) is 6.92 Å². The lowest BCUT2D eigenvalue weighted by Crippen LogP contribution is -2.47. The Bertz CT molecular complexity index is 381. The average molecular weight is 255 g/mol. The zero-order chi connectivity index (χ0) is 13.1. The van der Waals surface area contributed by atoms with Gasteiger partial charge in [0.05, 0.1) is 6.04 Å². The van der Waals surface area contributed by atoms with Gasteiger partial charge < -0.3 is 10.6 Å². The van der Waals surface area contributed by atoms with Crippen LogP contribution in [0.4, 0.5) is 4.79 Å². The van der Waals surface area contributed by atoms with Crippen LogP contribution in [0, 0.1) is 0 Å². The number of carbonyl (C=O) groups is 1. The summed E-state index contributed by atoms with van der Waals surface area (Å²) in [4.78, 5) is 17.2. The number of amides is 2. The Kier molecular flexibility index (Phi) is 4.51. The molecule has 0 radical (unpaired) electrons. The van der Waals surface area contributed by atoms with E-state index in [0.717, 1.165) is 11.4 Å². The zero-order valence-electron chi connectivity index (χ0n) is 11.1. The zero-order valence-corrected chi connectivity index (χ0v) is 11.9. The van der Waals surface area contributed by atoms with Gasteiger partial charge >= 0.3 is 6.03 Å². The Balaban J connectivity index is 2.54. The summed E-state index contributed by atoms with van der Waals surface area (Å²) in [5.41, 5.74) is -0.221. The Hall–Kier alpha value is -1.10. The Morgan fingerprint density at radius 3 is 2.65 bits per heavy atom. The molecule has 2 amide bonds. The predicted octanol–water partition coefficient (Wildman–Crippen LogP) is 2.86. The van der Waals surface area contributed by atoms with Gasteiger partial charge in [0, 0.05) is 16.6 Å². The van der Waals surface area contributed by atoms with E-state index in [1.54, 1.807) is 11.3 Å². The molecule has 0 spiro atoms.